The largest absolute Gasteiger partial charge is 0.433 e. The van der Waals surface area contributed by atoms with Crippen LogP contribution in [0.5, 0.6) is 0 Å². The van der Waals surface area contributed by atoms with Gasteiger partial charge in [-0.1, -0.05) is 36.4 Å². The highest BCUT2D eigenvalue weighted by Gasteiger charge is 2.23. The summed E-state index contributed by atoms with van der Waals surface area (Å²) in [6.45, 7) is 0. The number of carbonyl (C=O) groups excluding carboxylic acids is 1. The van der Waals surface area contributed by atoms with E-state index in [9.17, 15) is 14.9 Å². The number of hydrogen-bond acceptors (Lipinski definition) is 5. The monoisotopic (exact) mass is 374 g/mol. The second-order valence-corrected chi connectivity index (χ2v) is 5.89. The fourth-order valence-electron chi connectivity index (χ4n) is 2.71. The van der Waals surface area contributed by atoms with Crippen LogP contribution in [0.15, 0.2) is 83.4 Å². The molecule has 2 aromatic heterocycles. The molecule has 1 amide bonds. The first kappa shape index (κ1) is 17.2. The molecule has 0 saturated heterocycles. The van der Waals surface area contributed by atoms with E-state index in [1.807, 2.05) is 36.4 Å². The first-order chi connectivity index (χ1) is 13.6. The molecule has 0 fully saturated rings. The molecule has 2 heterocycles. The lowest BCUT2D eigenvalue weighted by atomic mass is 10.2. The van der Waals surface area contributed by atoms with Gasteiger partial charge in [0.25, 0.3) is 5.91 Å². The van der Waals surface area contributed by atoms with Gasteiger partial charge in [0.15, 0.2) is 5.76 Å². The van der Waals surface area contributed by atoms with Gasteiger partial charge in [0.2, 0.25) is 0 Å². The van der Waals surface area contributed by atoms with Crippen molar-refractivity contribution in [1.29, 1.82) is 0 Å². The number of benzene rings is 2. The Kier molecular flexibility index (Phi) is 4.43. The number of nitrogens with one attached hydrogen (secondary N) is 1. The summed E-state index contributed by atoms with van der Waals surface area (Å²) in [6, 6.07) is 20.9. The van der Waals surface area contributed by atoms with Crippen molar-refractivity contribution >= 4 is 17.5 Å². The van der Waals surface area contributed by atoms with E-state index in [1.54, 1.807) is 30.5 Å². The Hall–Kier alpha value is -4.20. The van der Waals surface area contributed by atoms with Crippen LogP contribution in [-0.4, -0.2) is 20.6 Å². The van der Waals surface area contributed by atoms with Gasteiger partial charge in [0.1, 0.15) is 10.6 Å². The van der Waals surface area contributed by atoms with Crippen molar-refractivity contribution in [3.63, 3.8) is 0 Å². The maximum absolute atomic E-state index is 12.9. The minimum atomic E-state index is -0.637. The van der Waals surface area contributed by atoms with Gasteiger partial charge in [-0.15, -0.1) is 0 Å². The number of rotatable bonds is 5. The second kappa shape index (κ2) is 7.20. The Balaban J connectivity index is 1.77. The number of carbonyl (C=O) groups is 1. The molecule has 28 heavy (non-hydrogen) atoms. The molecular weight excluding hydrogens is 360 g/mol. The van der Waals surface area contributed by atoms with Crippen molar-refractivity contribution in [2.45, 2.75) is 0 Å². The average Bonchev–Trinajstić information content (AvgIpc) is 3.37. The number of para-hydroxylation sites is 2. The van der Waals surface area contributed by atoms with E-state index in [0.29, 0.717) is 5.69 Å². The van der Waals surface area contributed by atoms with Crippen LogP contribution < -0.4 is 5.32 Å². The first-order valence-corrected chi connectivity index (χ1v) is 8.38. The normalized spacial score (nSPS) is 10.6. The molecule has 0 atom stereocenters. The second-order valence-electron chi connectivity index (χ2n) is 5.89. The van der Waals surface area contributed by atoms with Crippen molar-refractivity contribution in [3.05, 3.63) is 94.7 Å². The predicted molar refractivity (Wildman–Crippen MR) is 102 cm³/mol. The number of aromatic nitrogens is 2. The Morgan fingerprint density at radius 2 is 1.68 bits per heavy atom. The van der Waals surface area contributed by atoms with Crippen LogP contribution in [0.3, 0.4) is 0 Å². The Bertz CT molecular complexity index is 1130. The standard InChI is InChI=1S/C20H14N4O4/c25-20(21-14-7-3-1-4-8-14)16-13-23(15-9-5-2-6-10-15)22-19(16)17-11-12-18(28-17)24(26)27/h1-13H,(H,21,25). The molecule has 138 valence electrons. The molecule has 4 aromatic rings. The van der Waals surface area contributed by atoms with Crippen LogP contribution in [0, 0.1) is 10.1 Å². The minimum absolute atomic E-state index is 0.139. The molecule has 0 aliphatic carbocycles. The summed E-state index contributed by atoms with van der Waals surface area (Å²) in [4.78, 5) is 23.2. The summed E-state index contributed by atoms with van der Waals surface area (Å²) in [6.07, 6.45) is 1.57. The average molecular weight is 374 g/mol. The highest BCUT2D eigenvalue weighted by atomic mass is 16.6. The van der Waals surface area contributed by atoms with Crippen molar-refractivity contribution in [2.24, 2.45) is 0 Å². The summed E-state index contributed by atoms with van der Waals surface area (Å²) < 4.78 is 6.80. The van der Waals surface area contributed by atoms with Crippen LogP contribution in [0.1, 0.15) is 10.4 Å². The third-order valence-electron chi connectivity index (χ3n) is 4.02. The van der Waals surface area contributed by atoms with E-state index in [-0.39, 0.29) is 17.0 Å². The molecule has 0 aliphatic rings. The molecule has 8 nitrogen and oxygen atoms in total. The number of hydrogen-bond donors (Lipinski definition) is 1. The van der Waals surface area contributed by atoms with Gasteiger partial charge >= 0.3 is 5.88 Å². The molecule has 4 rings (SSSR count). The smallest absolute Gasteiger partial charge is 0.399 e. The molecule has 0 spiro atoms. The van der Waals surface area contributed by atoms with Gasteiger partial charge in [-0.2, -0.15) is 5.10 Å². The number of anilines is 1. The third-order valence-corrected chi connectivity index (χ3v) is 4.02. The summed E-state index contributed by atoms with van der Waals surface area (Å²) in [7, 11) is 0. The molecule has 0 bridgehead atoms. The molecule has 0 aliphatic heterocycles. The lowest BCUT2D eigenvalue weighted by Gasteiger charge is -2.03. The highest BCUT2D eigenvalue weighted by Crippen LogP contribution is 2.29. The van der Waals surface area contributed by atoms with E-state index in [1.165, 1.54) is 16.8 Å². The number of amides is 1. The maximum atomic E-state index is 12.9. The fourth-order valence-corrected chi connectivity index (χ4v) is 2.71. The lowest BCUT2D eigenvalue weighted by molar-refractivity contribution is -0.401. The van der Waals surface area contributed by atoms with Gasteiger partial charge in [-0.3, -0.25) is 14.9 Å². The van der Waals surface area contributed by atoms with E-state index >= 15 is 0 Å². The van der Waals surface area contributed by atoms with E-state index < -0.39 is 16.7 Å². The molecule has 0 unspecified atom stereocenters. The summed E-state index contributed by atoms with van der Waals surface area (Å²) in [5, 5.41) is 18.2. The third kappa shape index (κ3) is 3.38. The summed E-state index contributed by atoms with van der Waals surface area (Å²) >= 11 is 0. The topological polar surface area (TPSA) is 103 Å². The fraction of sp³-hybridized carbons (Fsp3) is 0. The summed E-state index contributed by atoms with van der Waals surface area (Å²) in [5.41, 5.74) is 1.81. The van der Waals surface area contributed by atoms with Gasteiger partial charge in [0.05, 0.1) is 17.3 Å². The maximum Gasteiger partial charge on any atom is 0.433 e. The minimum Gasteiger partial charge on any atom is -0.399 e. The van der Waals surface area contributed by atoms with E-state index in [0.717, 1.165) is 5.69 Å². The zero-order valence-corrected chi connectivity index (χ0v) is 14.5. The van der Waals surface area contributed by atoms with Crippen LogP contribution in [0.2, 0.25) is 0 Å². The molecular formula is C20H14N4O4. The SMILES string of the molecule is O=C(Nc1ccccc1)c1cn(-c2ccccc2)nc1-c1ccc([N+](=O)[O-])o1. The zero-order valence-electron chi connectivity index (χ0n) is 14.5. The van der Waals surface area contributed by atoms with Crippen LogP contribution >= 0.6 is 0 Å². The van der Waals surface area contributed by atoms with E-state index in [2.05, 4.69) is 10.4 Å². The number of furan rings is 1. The first-order valence-electron chi connectivity index (χ1n) is 8.38. The Morgan fingerprint density at radius 1 is 1.00 bits per heavy atom. The quantitative estimate of drug-likeness (QED) is 0.414. The lowest BCUT2D eigenvalue weighted by Crippen LogP contribution is -2.12. The number of nitrogens with zero attached hydrogens (tertiary/aromatic N) is 3. The van der Waals surface area contributed by atoms with E-state index in [4.69, 9.17) is 4.42 Å². The molecule has 1 N–H and O–H groups in total. The van der Waals surface area contributed by atoms with Crippen molar-refractivity contribution in [2.75, 3.05) is 5.32 Å². The van der Waals surface area contributed by atoms with Gasteiger partial charge < -0.3 is 9.73 Å². The predicted octanol–water partition coefficient (Wildman–Crippen LogP) is 4.29. The molecule has 2 aromatic carbocycles. The van der Waals surface area contributed by atoms with Gasteiger partial charge in [0, 0.05) is 11.9 Å². The molecule has 8 heteroatoms. The highest BCUT2D eigenvalue weighted by molar-refractivity contribution is 6.07. The van der Waals surface area contributed by atoms with Crippen molar-refractivity contribution in [1.82, 2.24) is 9.78 Å². The van der Waals surface area contributed by atoms with Gasteiger partial charge in [-0.25, -0.2) is 4.68 Å². The van der Waals surface area contributed by atoms with Crippen molar-refractivity contribution in [3.8, 4) is 17.1 Å². The Morgan fingerprint density at radius 3 is 2.32 bits per heavy atom. The number of nitro groups is 1. The van der Waals surface area contributed by atoms with Crippen LogP contribution in [0.4, 0.5) is 11.6 Å². The van der Waals surface area contributed by atoms with Crippen molar-refractivity contribution < 1.29 is 14.1 Å². The van der Waals surface area contributed by atoms with Gasteiger partial charge in [-0.05, 0) is 30.3 Å². The zero-order chi connectivity index (χ0) is 19.5. The molecule has 0 radical (unpaired) electrons. The van der Waals surface area contributed by atoms with Crippen LogP contribution in [-0.2, 0) is 0 Å². The Labute approximate surface area is 159 Å². The molecule has 0 saturated carbocycles. The summed E-state index contributed by atoms with van der Waals surface area (Å²) in [5.74, 6) is -0.680. The van der Waals surface area contributed by atoms with Crippen LogP contribution in [0.25, 0.3) is 17.1 Å².